The molecule has 4 aromatic rings. The van der Waals surface area contributed by atoms with Crippen molar-refractivity contribution in [3.05, 3.63) is 48.5 Å². The molecule has 0 saturated heterocycles. The van der Waals surface area contributed by atoms with Crippen LogP contribution in [0.4, 0.5) is 5.69 Å². The lowest BCUT2D eigenvalue weighted by atomic mass is 10.1. The highest BCUT2D eigenvalue weighted by Crippen LogP contribution is 2.30. The molecule has 2 aromatic heterocycles. The molecule has 0 aliphatic rings. The van der Waals surface area contributed by atoms with E-state index in [1.807, 2.05) is 18.2 Å². The van der Waals surface area contributed by atoms with Crippen molar-refractivity contribution in [2.45, 2.75) is 0 Å². The minimum Gasteiger partial charge on any atom is -1.00 e. The number of nitrogen functional groups attached to an aromatic ring is 1. The molecule has 20 heavy (non-hydrogen) atoms. The van der Waals surface area contributed by atoms with E-state index >= 15 is 0 Å². The second-order valence-electron chi connectivity index (χ2n) is 4.88. The van der Waals surface area contributed by atoms with Gasteiger partial charge in [0.25, 0.3) is 0 Å². The van der Waals surface area contributed by atoms with E-state index in [0.29, 0.717) is 0 Å². The lowest BCUT2D eigenvalue weighted by Crippen LogP contribution is -3.00. The summed E-state index contributed by atoms with van der Waals surface area (Å²) in [5, 5.41) is 2.29. The van der Waals surface area contributed by atoms with Gasteiger partial charge in [-0.15, -0.1) is 0 Å². The maximum Gasteiger partial charge on any atom is 0.240 e. The first kappa shape index (κ1) is 12.8. The fourth-order valence-electron chi connectivity index (χ4n) is 2.92. The van der Waals surface area contributed by atoms with Crippen LogP contribution in [-0.4, -0.2) is 4.98 Å². The maximum atomic E-state index is 6.34. The van der Waals surface area contributed by atoms with Gasteiger partial charge in [0.05, 0.1) is 22.0 Å². The smallest absolute Gasteiger partial charge is 0.240 e. The number of fused-ring (bicyclic) bond motifs is 4. The molecule has 0 unspecified atom stereocenters. The fourth-order valence-corrected chi connectivity index (χ4v) is 2.92. The van der Waals surface area contributed by atoms with Crippen LogP contribution in [0, 0.1) is 0 Å². The van der Waals surface area contributed by atoms with Crippen molar-refractivity contribution < 1.29 is 17.0 Å². The van der Waals surface area contributed by atoms with Gasteiger partial charge < -0.3 is 23.1 Å². The van der Waals surface area contributed by atoms with E-state index in [1.54, 1.807) is 0 Å². The number of aromatic amines is 1. The molecule has 100 valence electrons. The zero-order valence-electron chi connectivity index (χ0n) is 11.0. The monoisotopic (exact) mass is 283 g/mol. The highest BCUT2D eigenvalue weighted by molar-refractivity contribution is 6.12. The summed E-state index contributed by atoms with van der Waals surface area (Å²) in [5.74, 6) is 0. The van der Waals surface area contributed by atoms with Gasteiger partial charge >= 0.3 is 0 Å². The Morgan fingerprint density at radius 3 is 2.40 bits per heavy atom. The van der Waals surface area contributed by atoms with Crippen molar-refractivity contribution in [2.24, 2.45) is 7.05 Å². The topological polar surface area (TPSA) is 45.7 Å². The van der Waals surface area contributed by atoms with Gasteiger partial charge in [0.15, 0.2) is 0 Å². The number of aromatic nitrogens is 2. The number of nitrogens with zero attached hydrogens (tertiary/aromatic N) is 1. The normalized spacial score (nSPS) is 11.1. The summed E-state index contributed by atoms with van der Waals surface area (Å²) in [7, 11) is 2.09. The molecule has 4 heteroatoms. The molecule has 4 rings (SSSR count). The largest absolute Gasteiger partial charge is 1.00 e. The standard InChI is InChI=1S/C16H13N3.ClH/c1-19-13-9-5-3-7-11(13)14(17)15-16(19)10-6-2-4-8-12(10)18-15;/h2-9H,1H3,(H2,17,18);1H. The number of aryl methyl sites for hydroxylation is 1. The van der Waals surface area contributed by atoms with Gasteiger partial charge in [-0.3, -0.25) is 0 Å². The van der Waals surface area contributed by atoms with E-state index in [0.717, 1.165) is 33.1 Å². The van der Waals surface area contributed by atoms with Crippen molar-refractivity contribution in [1.29, 1.82) is 0 Å². The molecule has 0 spiro atoms. The molecule has 0 aliphatic heterocycles. The Bertz CT molecular complexity index is 941. The number of anilines is 1. The Kier molecular flexibility index (Phi) is 2.80. The molecule has 0 radical (unpaired) electrons. The van der Waals surface area contributed by atoms with Gasteiger partial charge in [-0.25, -0.2) is 0 Å². The lowest BCUT2D eigenvalue weighted by molar-refractivity contribution is -0.616. The predicted molar refractivity (Wildman–Crippen MR) is 78.9 cm³/mol. The molecule has 0 aliphatic carbocycles. The van der Waals surface area contributed by atoms with Gasteiger partial charge in [-0.2, -0.15) is 4.57 Å². The third-order valence-corrected chi connectivity index (χ3v) is 3.84. The highest BCUT2D eigenvalue weighted by atomic mass is 35.5. The molecule has 0 bridgehead atoms. The molecule has 2 heterocycles. The van der Waals surface area contributed by atoms with Crippen LogP contribution in [0.1, 0.15) is 0 Å². The van der Waals surface area contributed by atoms with E-state index in [1.165, 1.54) is 5.39 Å². The van der Waals surface area contributed by atoms with Crippen LogP contribution in [0.15, 0.2) is 48.5 Å². The van der Waals surface area contributed by atoms with Crippen LogP contribution >= 0.6 is 0 Å². The van der Waals surface area contributed by atoms with Crippen molar-refractivity contribution in [1.82, 2.24) is 4.98 Å². The molecule has 0 amide bonds. The summed E-state index contributed by atoms with van der Waals surface area (Å²) in [5.41, 5.74) is 11.6. The average molecular weight is 284 g/mol. The number of rotatable bonds is 0. The number of benzene rings is 2. The lowest BCUT2D eigenvalue weighted by Gasteiger charge is -2.02. The van der Waals surface area contributed by atoms with Crippen LogP contribution in [0.25, 0.3) is 32.8 Å². The van der Waals surface area contributed by atoms with Gasteiger partial charge in [0.2, 0.25) is 11.0 Å². The molecule has 0 atom stereocenters. The molecule has 3 N–H and O–H groups in total. The molecular weight excluding hydrogens is 270 g/mol. The molecule has 0 saturated carbocycles. The van der Waals surface area contributed by atoms with E-state index in [2.05, 4.69) is 46.9 Å². The maximum absolute atomic E-state index is 6.34. The Morgan fingerprint density at radius 2 is 1.60 bits per heavy atom. The minimum atomic E-state index is 0. The summed E-state index contributed by atoms with van der Waals surface area (Å²) >= 11 is 0. The average Bonchev–Trinajstić information content (AvgIpc) is 2.84. The second kappa shape index (κ2) is 4.39. The first-order chi connectivity index (χ1) is 9.27. The predicted octanol–water partition coefficient (Wildman–Crippen LogP) is -0.115. The van der Waals surface area contributed by atoms with Gasteiger partial charge in [0, 0.05) is 6.07 Å². The Hall–Kier alpha value is -2.26. The Morgan fingerprint density at radius 1 is 0.950 bits per heavy atom. The van der Waals surface area contributed by atoms with E-state index < -0.39 is 0 Å². The first-order valence-electron chi connectivity index (χ1n) is 6.34. The third-order valence-electron chi connectivity index (χ3n) is 3.84. The summed E-state index contributed by atoms with van der Waals surface area (Å²) in [6.45, 7) is 0. The van der Waals surface area contributed by atoms with Crippen LogP contribution in [0.5, 0.6) is 0 Å². The summed E-state index contributed by atoms with van der Waals surface area (Å²) < 4.78 is 2.21. The molecular formula is C16H14ClN3. The number of para-hydroxylation sites is 2. The van der Waals surface area contributed by atoms with Crippen molar-refractivity contribution in [3.63, 3.8) is 0 Å². The van der Waals surface area contributed by atoms with Crippen molar-refractivity contribution in [2.75, 3.05) is 5.73 Å². The number of nitrogens with two attached hydrogens (primary N) is 1. The first-order valence-corrected chi connectivity index (χ1v) is 6.34. The van der Waals surface area contributed by atoms with Gasteiger partial charge in [-0.05, 0) is 18.2 Å². The number of hydrogen-bond donors (Lipinski definition) is 2. The van der Waals surface area contributed by atoms with Crippen LogP contribution < -0.4 is 22.7 Å². The zero-order chi connectivity index (χ0) is 13.0. The number of nitrogens with one attached hydrogen (secondary N) is 1. The third kappa shape index (κ3) is 1.50. The summed E-state index contributed by atoms with van der Waals surface area (Å²) in [6, 6.07) is 16.5. The van der Waals surface area contributed by atoms with Crippen LogP contribution in [0.3, 0.4) is 0 Å². The second-order valence-corrected chi connectivity index (χ2v) is 4.88. The quantitative estimate of drug-likeness (QED) is 0.435. The number of halogens is 1. The molecule has 2 aromatic carbocycles. The van der Waals surface area contributed by atoms with E-state index in [4.69, 9.17) is 5.73 Å². The summed E-state index contributed by atoms with van der Waals surface area (Å²) in [4.78, 5) is 3.43. The number of hydrogen-bond acceptors (Lipinski definition) is 1. The molecule has 3 nitrogen and oxygen atoms in total. The van der Waals surface area contributed by atoms with E-state index in [-0.39, 0.29) is 12.4 Å². The highest BCUT2D eigenvalue weighted by Gasteiger charge is 2.20. The SMILES string of the molecule is C[n+]1c2ccccc2c(N)c2[nH]c3ccccc3c21.[Cl-]. The van der Waals surface area contributed by atoms with Gasteiger partial charge in [-0.1, -0.05) is 24.3 Å². The summed E-state index contributed by atoms with van der Waals surface area (Å²) in [6.07, 6.45) is 0. The fraction of sp³-hybridized carbons (Fsp3) is 0.0625. The minimum absolute atomic E-state index is 0. The number of H-pyrrole nitrogens is 1. The van der Waals surface area contributed by atoms with E-state index in [9.17, 15) is 0 Å². The zero-order valence-corrected chi connectivity index (χ0v) is 11.8. The Balaban J connectivity index is 0.00000121. The Labute approximate surface area is 122 Å². The molecule has 0 fully saturated rings. The van der Waals surface area contributed by atoms with Crippen LogP contribution in [0.2, 0.25) is 0 Å². The van der Waals surface area contributed by atoms with Crippen molar-refractivity contribution in [3.8, 4) is 0 Å². The number of pyridine rings is 1. The van der Waals surface area contributed by atoms with Gasteiger partial charge in [0.1, 0.15) is 12.6 Å². The van der Waals surface area contributed by atoms with Crippen LogP contribution in [-0.2, 0) is 7.05 Å². The van der Waals surface area contributed by atoms with Crippen molar-refractivity contribution >= 4 is 38.5 Å².